The summed E-state index contributed by atoms with van der Waals surface area (Å²) in [4.78, 5) is 19.8. The van der Waals surface area contributed by atoms with Crippen LogP contribution < -0.4 is 10.0 Å². The molecule has 0 radical (unpaired) electrons. The molecule has 1 aromatic heterocycles. The largest absolute Gasteiger partial charge is 0.481 e. The molecule has 10 nitrogen and oxygen atoms in total. The maximum Gasteiger partial charge on any atom is 0.265 e. The fourth-order valence-electron chi connectivity index (χ4n) is 5.12. The Labute approximate surface area is 253 Å². The monoisotopic (exact) mass is 611 g/mol. The van der Waals surface area contributed by atoms with E-state index in [0.717, 1.165) is 54.1 Å². The lowest BCUT2D eigenvalue weighted by Crippen LogP contribution is -2.36. The first-order valence-electron chi connectivity index (χ1n) is 13.9. The number of ether oxygens (including phenoxy) is 1. The third-order valence-electron chi connectivity index (χ3n) is 7.56. The summed E-state index contributed by atoms with van der Waals surface area (Å²) in [7, 11) is 1.69. The molecule has 1 saturated carbocycles. The molecular formula is C30H38ClN7O3S. The lowest BCUT2D eigenvalue weighted by molar-refractivity contribution is 0.221. The zero-order valence-electron chi connectivity index (χ0n) is 24.7. The summed E-state index contributed by atoms with van der Waals surface area (Å²) in [6.45, 7) is 7.38. The molecule has 1 heterocycles. The molecule has 2 aromatic carbocycles. The molecular weight excluding hydrogens is 574 g/mol. The first kappa shape index (κ1) is 31.4. The van der Waals surface area contributed by atoms with Crippen LogP contribution in [0.3, 0.4) is 0 Å². The smallest absolute Gasteiger partial charge is 0.265 e. The molecule has 3 aromatic rings. The number of aliphatic imine (C=N–C) groups is 2. The van der Waals surface area contributed by atoms with E-state index in [2.05, 4.69) is 57.6 Å². The number of halogens is 1. The highest BCUT2D eigenvalue weighted by Crippen LogP contribution is 2.29. The molecule has 0 aliphatic heterocycles. The molecule has 4 rings (SSSR count). The van der Waals surface area contributed by atoms with Crippen LogP contribution in [0.25, 0.3) is 16.5 Å². The van der Waals surface area contributed by atoms with Gasteiger partial charge >= 0.3 is 0 Å². The number of allylic oxidation sites excluding steroid dienone is 1. The van der Waals surface area contributed by atoms with E-state index in [1.807, 2.05) is 25.3 Å². The van der Waals surface area contributed by atoms with Crippen LogP contribution >= 0.6 is 11.6 Å². The summed E-state index contributed by atoms with van der Waals surface area (Å²) in [6.07, 6.45) is 7.07. The number of aryl methyl sites for hydroxylation is 1. The molecule has 0 unspecified atom stereocenters. The number of hydrogen-bond donors (Lipinski definition) is 2. The minimum atomic E-state index is -4.06. The molecule has 0 saturated heterocycles. The van der Waals surface area contributed by atoms with E-state index >= 15 is 0 Å². The Bertz CT molecular complexity index is 1610. The maximum absolute atomic E-state index is 12.9. The Kier molecular flexibility index (Phi) is 10.2. The van der Waals surface area contributed by atoms with E-state index < -0.39 is 10.0 Å². The maximum atomic E-state index is 12.9. The van der Waals surface area contributed by atoms with Gasteiger partial charge in [0.2, 0.25) is 17.8 Å². The Morgan fingerprint density at radius 3 is 2.52 bits per heavy atom. The zero-order valence-corrected chi connectivity index (χ0v) is 26.3. The number of fused-ring (bicyclic) bond motifs is 1. The summed E-state index contributed by atoms with van der Waals surface area (Å²) in [5, 5.41) is 4.50. The number of nitrogens with one attached hydrogen (secondary N) is 2. The van der Waals surface area contributed by atoms with Crippen molar-refractivity contribution in [1.29, 1.82) is 0 Å². The molecule has 0 amide bonds. The Morgan fingerprint density at radius 1 is 1.19 bits per heavy atom. The average Bonchev–Trinajstić information content (AvgIpc) is 2.98. The van der Waals surface area contributed by atoms with Gasteiger partial charge in [0.25, 0.3) is 10.0 Å². The second kappa shape index (κ2) is 13.6. The molecule has 0 spiro atoms. The highest BCUT2D eigenvalue weighted by atomic mass is 35.5. The molecule has 42 heavy (non-hydrogen) atoms. The summed E-state index contributed by atoms with van der Waals surface area (Å²) in [5.74, 6) is 0.565. The van der Waals surface area contributed by atoms with E-state index in [4.69, 9.17) is 21.3 Å². The van der Waals surface area contributed by atoms with Crippen LogP contribution in [0.1, 0.15) is 50.7 Å². The SMILES string of the molecule is C=N/C(=N\C(OC)=C(/C)c1cc(CC)c2nc(N[C@H]3CC[C@H](N(C)C)CC3)ncc2c1)NS(=O)(=O)c1ccccc1Cl. The normalized spacial score (nSPS) is 18.5. The fraction of sp³-hybridized carbons (Fsp3) is 0.400. The molecule has 0 bridgehead atoms. The topological polar surface area (TPSA) is 121 Å². The highest BCUT2D eigenvalue weighted by molar-refractivity contribution is 7.90. The number of benzene rings is 2. The van der Waals surface area contributed by atoms with Crippen LogP contribution in [0.2, 0.25) is 5.02 Å². The zero-order chi connectivity index (χ0) is 30.4. The third-order valence-corrected chi connectivity index (χ3v) is 9.39. The van der Waals surface area contributed by atoms with Gasteiger partial charge in [-0.15, -0.1) is 0 Å². The van der Waals surface area contributed by atoms with Gasteiger partial charge in [-0.05, 0) is 95.2 Å². The van der Waals surface area contributed by atoms with Crippen molar-refractivity contribution in [3.8, 4) is 0 Å². The van der Waals surface area contributed by atoms with Crippen molar-refractivity contribution in [1.82, 2.24) is 19.6 Å². The van der Waals surface area contributed by atoms with Crippen LogP contribution in [0.5, 0.6) is 0 Å². The van der Waals surface area contributed by atoms with Crippen molar-refractivity contribution in [3.63, 3.8) is 0 Å². The van der Waals surface area contributed by atoms with Crippen molar-refractivity contribution in [2.75, 3.05) is 26.5 Å². The average molecular weight is 612 g/mol. The van der Waals surface area contributed by atoms with Crippen molar-refractivity contribution in [3.05, 3.63) is 64.6 Å². The highest BCUT2D eigenvalue weighted by Gasteiger charge is 2.23. The number of rotatable bonds is 9. The summed E-state index contributed by atoms with van der Waals surface area (Å²) >= 11 is 6.09. The summed E-state index contributed by atoms with van der Waals surface area (Å²) < 4.78 is 33.7. The molecule has 1 fully saturated rings. The van der Waals surface area contributed by atoms with Crippen LogP contribution in [-0.2, 0) is 21.2 Å². The molecule has 1 aliphatic carbocycles. The number of methoxy groups -OCH3 is 1. The Hall–Kier alpha value is -3.54. The van der Waals surface area contributed by atoms with Crippen LogP contribution in [-0.4, -0.2) is 69.3 Å². The van der Waals surface area contributed by atoms with Gasteiger partial charge in [-0.25, -0.2) is 28.1 Å². The van der Waals surface area contributed by atoms with Crippen LogP contribution in [0.15, 0.2) is 63.4 Å². The quantitative estimate of drug-likeness (QED) is 0.186. The van der Waals surface area contributed by atoms with Gasteiger partial charge in [-0.1, -0.05) is 30.7 Å². The first-order valence-corrected chi connectivity index (χ1v) is 15.7. The summed E-state index contributed by atoms with van der Waals surface area (Å²) in [5.41, 5.74) is 3.44. The predicted octanol–water partition coefficient (Wildman–Crippen LogP) is 5.50. The number of aromatic nitrogens is 2. The van der Waals surface area contributed by atoms with Gasteiger partial charge in [0.1, 0.15) is 4.90 Å². The van der Waals surface area contributed by atoms with E-state index in [9.17, 15) is 8.42 Å². The minimum absolute atomic E-state index is 0.0765. The van der Waals surface area contributed by atoms with Crippen LogP contribution in [0, 0.1) is 0 Å². The molecule has 224 valence electrons. The van der Waals surface area contributed by atoms with Crippen molar-refractivity contribution in [2.45, 2.75) is 62.9 Å². The molecule has 0 atom stereocenters. The van der Waals surface area contributed by atoms with Crippen molar-refractivity contribution < 1.29 is 13.2 Å². The second-order valence-electron chi connectivity index (χ2n) is 10.5. The number of hydrogen-bond acceptors (Lipinski definition) is 8. The number of anilines is 1. The Morgan fingerprint density at radius 2 is 1.90 bits per heavy atom. The second-order valence-corrected chi connectivity index (χ2v) is 12.6. The fourth-order valence-corrected chi connectivity index (χ4v) is 6.61. The van der Waals surface area contributed by atoms with Gasteiger partial charge in [0, 0.05) is 29.2 Å². The van der Waals surface area contributed by atoms with Crippen molar-refractivity contribution in [2.24, 2.45) is 9.98 Å². The molecule has 2 N–H and O–H groups in total. The lowest BCUT2D eigenvalue weighted by Gasteiger charge is -2.33. The molecule has 1 aliphatic rings. The van der Waals surface area contributed by atoms with Gasteiger partial charge < -0.3 is 15.0 Å². The van der Waals surface area contributed by atoms with Crippen molar-refractivity contribution >= 4 is 56.7 Å². The summed E-state index contributed by atoms with van der Waals surface area (Å²) in [6, 6.07) is 11.1. The third kappa shape index (κ3) is 7.26. The van der Waals surface area contributed by atoms with Gasteiger partial charge in [-0.2, -0.15) is 4.99 Å². The van der Waals surface area contributed by atoms with E-state index in [0.29, 0.717) is 23.6 Å². The van der Waals surface area contributed by atoms with E-state index in [1.165, 1.54) is 19.2 Å². The van der Waals surface area contributed by atoms with Gasteiger partial charge in [0.05, 0.1) is 17.6 Å². The predicted molar refractivity (Wildman–Crippen MR) is 171 cm³/mol. The van der Waals surface area contributed by atoms with Crippen LogP contribution in [0.4, 0.5) is 5.95 Å². The lowest BCUT2D eigenvalue weighted by atomic mass is 9.90. The standard InChI is InChI=1S/C30H38ClN7O3S/c1-7-20-16-21(17-22-18-33-30(35-27(20)22)34-23-12-14-24(15-13-23)38(4)5)19(2)28(41-6)36-29(32-3)37-42(39,40)26-11-9-8-10-25(26)31/h8-11,16-18,23-24H,3,7,12-15H2,1-2,4-6H3,(H,36,37)(H,33,34,35)/b28-19-/t23-,24-. The Balaban J connectivity index is 1.61. The van der Waals surface area contributed by atoms with Gasteiger partial charge in [-0.3, -0.25) is 0 Å². The number of sulfonamides is 1. The molecule has 12 heteroatoms. The van der Waals surface area contributed by atoms with Gasteiger partial charge in [0.15, 0.2) is 0 Å². The van der Waals surface area contributed by atoms with E-state index in [1.54, 1.807) is 12.1 Å². The number of guanidine groups is 1. The minimum Gasteiger partial charge on any atom is -0.481 e. The number of nitrogens with zero attached hydrogens (tertiary/aromatic N) is 5. The first-order chi connectivity index (χ1) is 20.1. The van der Waals surface area contributed by atoms with E-state index in [-0.39, 0.29) is 21.8 Å².